The van der Waals surface area contributed by atoms with Crippen molar-refractivity contribution in [2.75, 3.05) is 5.32 Å². The Balaban J connectivity index is 2.66. The zero-order chi connectivity index (χ0) is 16.3. The molecule has 1 aromatic rings. The summed E-state index contributed by atoms with van der Waals surface area (Å²) in [5, 5.41) is 18.4. The number of anilines is 1. The van der Waals surface area contributed by atoms with Crippen molar-refractivity contribution >= 4 is 17.8 Å². The molecule has 1 aromatic heterocycles. The van der Waals surface area contributed by atoms with Crippen molar-refractivity contribution < 1.29 is 14.7 Å². The second kappa shape index (κ2) is 6.15. The third-order valence-corrected chi connectivity index (χ3v) is 2.94. The smallest absolute Gasteiger partial charge is 0.320 e. The summed E-state index contributed by atoms with van der Waals surface area (Å²) in [4.78, 5) is 22.6. The molecule has 118 valence electrons. The highest BCUT2D eigenvalue weighted by Gasteiger charge is 2.23. The average Bonchev–Trinajstić information content (AvgIpc) is 2.73. The monoisotopic (exact) mass is 296 g/mol. The molecule has 7 heteroatoms. The van der Waals surface area contributed by atoms with Crippen molar-refractivity contribution in [2.24, 2.45) is 0 Å². The van der Waals surface area contributed by atoms with Gasteiger partial charge in [-0.3, -0.25) is 10.1 Å². The Labute approximate surface area is 124 Å². The maximum absolute atomic E-state index is 12.0. The van der Waals surface area contributed by atoms with Gasteiger partial charge in [-0.1, -0.05) is 0 Å². The number of carboxylic acid groups (broad SMARTS) is 1. The number of nitrogens with zero attached hydrogens (tertiary/aromatic N) is 2. The number of amides is 2. The lowest BCUT2D eigenvalue weighted by Gasteiger charge is -2.27. The molecule has 21 heavy (non-hydrogen) atoms. The molecule has 0 spiro atoms. The van der Waals surface area contributed by atoms with Crippen LogP contribution in [-0.4, -0.2) is 32.4 Å². The molecule has 1 heterocycles. The minimum absolute atomic E-state index is 0.00715. The molecule has 0 aliphatic heterocycles. The van der Waals surface area contributed by atoms with Crippen LogP contribution in [0.2, 0.25) is 0 Å². The van der Waals surface area contributed by atoms with Crippen molar-refractivity contribution in [3.63, 3.8) is 0 Å². The quantitative estimate of drug-likeness (QED) is 0.777. The van der Waals surface area contributed by atoms with E-state index in [9.17, 15) is 9.59 Å². The Hall–Kier alpha value is -2.05. The molecule has 0 saturated carbocycles. The van der Waals surface area contributed by atoms with Crippen LogP contribution in [0.1, 0.15) is 47.5 Å². The number of aromatic nitrogens is 2. The van der Waals surface area contributed by atoms with E-state index in [1.807, 2.05) is 20.8 Å². The van der Waals surface area contributed by atoms with E-state index in [0.717, 1.165) is 0 Å². The number of urea groups is 1. The summed E-state index contributed by atoms with van der Waals surface area (Å²) in [6.45, 7) is 9.53. The molecule has 0 bridgehead atoms. The summed E-state index contributed by atoms with van der Waals surface area (Å²) in [6, 6.07) is 1.34. The standard InChI is InChI=1S/C14H24N4O3/c1-13(2,3)18-10(7-9-15-18)16-12(21)17-14(4,5)8-6-11(19)20/h7,9H,6,8H2,1-5H3,(H,19,20)(H2,16,17,21). The Bertz CT molecular complexity index is 515. The van der Waals surface area contributed by atoms with Gasteiger partial charge < -0.3 is 10.4 Å². The molecule has 0 aliphatic rings. The zero-order valence-corrected chi connectivity index (χ0v) is 13.2. The molecular weight excluding hydrogens is 272 g/mol. The summed E-state index contributed by atoms with van der Waals surface area (Å²) >= 11 is 0. The van der Waals surface area contributed by atoms with Gasteiger partial charge in [0, 0.05) is 18.0 Å². The second-order valence-corrected chi connectivity index (χ2v) is 6.66. The van der Waals surface area contributed by atoms with E-state index in [2.05, 4.69) is 15.7 Å². The molecular formula is C14H24N4O3. The van der Waals surface area contributed by atoms with E-state index >= 15 is 0 Å². The molecule has 0 atom stereocenters. The normalized spacial score (nSPS) is 12.0. The summed E-state index contributed by atoms with van der Waals surface area (Å²) in [6.07, 6.45) is 1.98. The highest BCUT2D eigenvalue weighted by atomic mass is 16.4. The Morgan fingerprint density at radius 1 is 1.29 bits per heavy atom. The van der Waals surface area contributed by atoms with Crippen LogP contribution in [0.4, 0.5) is 10.6 Å². The summed E-state index contributed by atoms with van der Waals surface area (Å²) in [5.41, 5.74) is -0.847. The van der Waals surface area contributed by atoms with Gasteiger partial charge in [0.1, 0.15) is 5.82 Å². The summed E-state index contributed by atoms with van der Waals surface area (Å²) < 4.78 is 1.72. The van der Waals surface area contributed by atoms with E-state index in [1.165, 1.54) is 0 Å². The molecule has 0 saturated heterocycles. The fraction of sp³-hybridized carbons (Fsp3) is 0.643. The first-order valence-corrected chi connectivity index (χ1v) is 6.87. The van der Waals surface area contributed by atoms with Crippen LogP contribution < -0.4 is 10.6 Å². The Morgan fingerprint density at radius 3 is 2.43 bits per heavy atom. The first kappa shape index (κ1) is 17.0. The van der Waals surface area contributed by atoms with E-state index in [4.69, 9.17) is 5.11 Å². The predicted octanol–water partition coefficient (Wildman–Crippen LogP) is 2.40. The van der Waals surface area contributed by atoms with Crippen LogP contribution in [0.3, 0.4) is 0 Å². The highest BCUT2D eigenvalue weighted by molar-refractivity contribution is 5.88. The van der Waals surface area contributed by atoms with Crippen LogP contribution in [-0.2, 0) is 10.3 Å². The molecule has 0 aromatic carbocycles. The molecule has 0 fully saturated rings. The summed E-state index contributed by atoms with van der Waals surface area (Å²) in [7, 11) is 0. The zero-order valence-electron chi connectivity index (χ0n) is 13.2. The van der Waals surface area contributed by atoms with Crippen LogP contribution >= 0.6 is 0 Å². The number of hydrogen-bond acceptors (Lipinski definition) is 3. The number of carbonyl (C=O) groups is 2. The van der Waals surface area contributed by atoms with Gasteiger partial charge in [-0.25, -0.2) is 9.48 Å². The topological polar surface area (TPSA) is 96.2 Å². The molecule has 3 N–H and O–H groups in total. The van der Waals surface area contributed by atoms with Crippen molar-refractivity contribution in [3.8, 4) is 0 Å². The van der Waals surface area contributed by atoms with Gasteiger partial charge in [-0.15, -0.1) is 0 Å². The lowest BCUT2D eigenvalue weighted by Crippen LogP contribution is -2.46. The van der Waals surface area contributed by atoms with E-state index < -0.39 is 11.5 Å². The maximum Gasteiger partial charge on any atom is 0.320 e. The third-order valence-electron chi connectivity index (χ3n) is 2.94. The van der Waals surface area contributed by atoms with Crippen LogP contribution in [0, 0.1) is 0 Å². The van der Waals surface area contributed by atoms with Crippen molar-refractivity contribution in [3.05, 3.63) is 12.3 Å². The van der Waals surface area contributed by atoms with Gasteiger partial charge in [-0.05, 0) is 41.0 Å². The lowest BCUT2D eigenvalue weighted by molar-refractivity contribution is -0.137. The number of aliphatic carboxylic acids is 1. The first-order valence-electron chi connectivity index (χ1n) is 6.87. The number of carboxylic acids is 1. The van der Waals surface area contributed by atoms with Crippen LogP contribution in [0.5, 0.6) is 0 Å². The Morgan fingerprint density at radius 2 is 1.90 bits per heavy atom. The van der Waals surface area contributed by atoms with Gasteiger partial charge in [0.2, 0.25) is 0 Å². The minimum atomic E-state index is -0.879. The lowest BCUT2D eigenvalue weighted by atomic mass is 9.99. The fourth-order valence-corrected chi connectivity index (χ4v) is 1.87. The van der Waals surface area contributed by atoms with Crippen molar-refractivity contribution in [1.29, 1.82) is 0 Å². The van der Waals surface area contributed by atoms with Gasteiger partial charge in [0.25, 0.3) is 0 Å². The average molecular weight is 296 g/mol. The van der Waals surface area contributed by atoms with Gasteiger partial charge in [-0.2, -0.15) is 5.10 Å². The maximum atomic E-state index is 12.0. The fourth-order valence-electron chi connectivity index (χ4n) is 1.87. The van der Waals surface area contributed by atoms with E-state index in [1.54, 1.807) is 30.8 Å². The molecule has 1 rings (SSSR count). The second-order valence-electron chi connectivity index (χ2n) is 6.66. The van der Waals surface area contributed by atoms with Gasteiger partial charge in [0.15, 0.2) is 0 Å². The number of carbonyl (C=O) groups excluding carboxylic acids is 1. The molecule has 7 nitrogen and oxygen atoms in total. The molecule has 0 aliphatic carbocycles. The number of nitrogens with one attached hydrogen (secondary N) is 2. The van der Waals surface area contributed by atoms with Gasteiger partial charge >= 0.3 is 12.0 Å². The van der Waals surface area contributed by atoms with Gasteiger partial charge in [0.05, 0.1) is 11.7 Å². The van der Waals surface area contributed by atoms with Crippen molar-refractivity contribution in [1.82, 2.24) is 15.1 Å². The Kier molecular flexibility index (Phi) is 4.98. The first-order chi connectivity index (χ1) is 9.51. The molecule has 0 unspecified atom stereocenters. The van der Waals surface area contributed by atoms with E-state index in [0.29, 0.717) is 12.2 Å². The molecule has 0 radical (unpaired) electrons. The highest BCUT2D eigenvalue weighted by Crippen LogP contribution is 2.19. The largest absolute Gasteiger partial charge is 0.481 e. The van der Waals surface area contributed by atoms with Crippen LogP contribution in [0.15, 0.2) is 12.3 Å². The predicted molar refractivity (Wildman–Crippen MR) is 80.3 cm³/mol. The molecule has 2 amide bonds. The van der Waals surface area contributed by atoms with E-state index in [-0.39, 0.29) is 18.0 Å². The third kappa shape index (κ3) is 5.45. The summed E-state index contributed by atoms with van der Waals surface area (Å²) in [5.74, 6) is -0.287. The number of hydrogen-bond donors (Lipinski definition) is 3. The SMILES string of the molecule is CC(C)(CCC(=O)O)NC(=O)Nc1ccnn1C(C)(C)C. The van der Waals surface area contributed by atoms with Crippen molar-refractivity contribution in [2.45, 2.75) is 58.5 Å². The van der Waals surface area contributed by atoms with Crippen LogP contribution in [0.25, 0.3) is 0 Å². The minimum Gasteiger partial charge on any atom is -0.481 e. The number of rotatable bonds is 5.